The van der Waals surface area contributed by atoms with Crippen LogP contribution >= 0.6 is 0 Å². The van der Waals surface area contributed by atoms with Crippen LogP contribution in [-0.4, -0.2) is 25.3 Å². The van der Waals surface area contributed by atoms with Crippen molar-refractivity contribution in [3.63, 3.8) is 0 Å². The summed E-state index contributed by atoms with van der Waals surface area (Å²) < 4.78 is 11.9. The summed E-state index contributed by atoms with van der Waals surface area (Å²) in [6.45, 7) is 5.78. The molecule has 0 saturated heterocycles. The first-order chi connectivity index (χ1) is 8.95. The molecular weight excluding hydrogens is 243 g/mol. The first-order valence-electron chi connectivity index (χ1n) is 6.61. The Hall–Kier alpha value is -1.58. The quantitative estimate of drug-likeness (QED) is 0.816. The fourth-order valence-electron chi connectivity index (χ4n) is 2.26. The highest BCUT2D eigenvalue weighted by Crippen LogP contribution is 2.27. The second-order valence-electron chi connectivity index (χ2n) is 5.44. The third kappa shape index (κ3) is 5.28. The maximum atomic E-state index is 11.9. The highest BCUT2D eigenvalue weighted by molar-refractivity contribution is 5.74. The molecule has 1 rings (SSSR count). The molecule has 0 heterocycles. The van der Waals surface area contributed by atoms with Crippen molar-refractivity contribution in [1.82, 2.24) is 10.6 Å². The van der Waals surface area contributed by atoms with Crippen LogP contribution in [0.1, 0.15) is 32.8 Å². The van der Waals surface area contributed by atoms with Gasteiger partial charge in [-0.2, -0.15) is 0 Å². The van der Waals surface area contributed by atoms with Gasteiger partial charge < -0.3 is 10.6 Å². The van der Waals surface area contributed by atoms with Gasteiger partial charge in [0, 0.05) is 12.6 Å². The molecule has 0 spiro atoms. The molecule has 106 valence electrons. The van der Waals surface area contributed by atoms with Crippen LogP contribution in [-0.2, 0) is 5.41 Å². The molecule has 3 nitrogen and oxygen atoms in total. The maximum Gasteiger partial charge on any atom is 0.315 e. The molecule has 0 aromatic heterocycles. The zero-order valence-electron chi connectivity index (χ0n) is 11.9. The van der Waals surface area contributed by atoms with Crippen molar-refractivity contribution in [2.24, 2.45) is 0 Å². The zero-order valence-corrected chi connectivity index (χ0v) is 11.9. The van der Waals surface area contributed by atoms with E-state index < -0.39 is 6.67 Å². The fourth-order valence-corrected chi connectivity index (χ4v) is 2.26. The summed E-state index contributed by atoms with van der Waals surface area (Å²) in [7, 11) is 0. The van der Waals surface area contributed by atoms with Crippen LogP contribution in [0.4, 0.5) is 9.18 Å². The van der Waals surface area contributed by atoms with Gasteiger partial charge in [-0.1, -0.05) is 44.2 Å². The maximum absolute atomic E-state index is 11.9. The van der Waals surface area contributed by atoms with Crippen molar-refractivity contribution in [1.29, 1.82) is 0 Å². The van der Waals surface area contributed by atoms with E-state index in [4.69, 9.17) is 0 Å². The smallest absolute Gasteiger partial charge is 0.315 e. The first-order valence-corrected chi connectivity index (χ1v) is 6.61. The molecule has 0 fully saturated rings. The average molecular weight is 266 g/mol. The molecule has 0 radical (unpaired) electrons. The van der Waals surface area contributed by atoms with Gasteiger partial charge in [0.15, 0.2) is 0 Å². The predicted molar refractivity (Wildman–Crippen MR) is 76.1 cm³/mol. The summed E-state index contributed by atoms with van der Waals surface area (Å²) in [6, 6.07) is 9.92. The van der Waals surface area contributed by atoms with E-state index >= 15 is 0 Å². The van der Waals surface area contributed by atoms with E-state index in [1.165, 1.54) is 5.56 Å². The molecule has 0 saturated carbocycles. The molecule has 0 aliphatic heterocycles. The summed E-state index contributed by atoms with van der Waals surface area (Å²) in [5.74, 6) is 0. The largest absolute Gasteiger partial charge is 0.336 e. The number of benzene rings is 1. The summed E-state index contributed by atoms with van der Waals surface area (Å²) in [4.78, 5) is 11.4. The molecule has 19 heavy (non-hydrogen) atoms. The molecular formula is C15H23FN2O. The van der Waals surface area contributed by atoms with Gasteiger partial charge in [0.25, 0.3) is 0 Å². The normalized spacial score (nSPS) is 12.8. The minimum atomic E-state index is -0.544. The summed E-state index contributed by atoms with van der Waals surface area (Å²) in [6.07, 6.45) is 0.820. The highest BCUT2D eigenvalue weighted by atomic mass is 19.1. The number of rotatable bonds is 6. The number of carbonyl (C=O) groups is 1. The van der Waals surface area contributed by atoms with Crippen molar-refractivity contribution in [2.45, 2.75) is 38.6 Å². The molecule has 2 N–H and O–H groups in total. The fraction of sp³-hybridized carbons (Fsp3) is 0.533. The molecule has 4 heteroatoms. The van der Waals surface area contributed by atoms with E-state index in [9.17, 15) is 9.18 Å². The molecule has 2 amide bonds. The second kappa shape index (κ2) is 7.12. The number of urea groups is 1. The van der Waals surface area contributed by atoms with Crippen LogP contribution in [0.5, 0.6) is 0 Å². The lowest BCUT2D eigenvalue weighted by molar-refractivity contribution is 0.234. The Balaban J connectivity index is 2.51. The predicted octanol–water partition coefficient (Wildman–Crippen LogP) is 3.01. The SMILES string of the molecule is C[C@H](CC(C)(C)c1ccccc1)NC(=O)NCCF. The van der Waals surface area contributed by atoms with Crippen LogP contribution in [0.15, 0.2) is 30.3 Å². The second-order valence-corrected chi connectivity index (χ2v) is 5.44. The van der Waals surface area contributed by atoms with E-state index in [2.05, 4.69) is 36.6 Å². The Bertz CT molecular complexity index is 392. The van der Waals surface area contributed by atoms with Crippen molar-refractivity contribution in [2.75, 3.05) is 13.2 Å². The van der Waals surface area contributed by atoms with E-state index in [1.807, 2.05) is 25.1 Å². The van der Waals surface area contributed by atoms with Crippen molar-refractivity contribution in [3.8, 4) is 0 Å². The van der Waals surface area contributed by atoms with Crippen molar-refractivity contribution in [3.05, 3.63) is 35.9 Å². The molecule has 1 aromatic rings. The van der Waals surface area contributed by atoms with Crippen molar-refractivity contribution < 1.29 is 9.18 Å². The summed E-state index contributed by atoms with van der Waals surface area (Å²) in [5, 5.41) is 5.29. The van der Waals surface area contributed by atoms with Crippen LogP contribution in [0.25, 0.3) is 0 Å². The molecule has 0 aliphatic rings. The lowest BCUT2D eigenvalue weighted by Crippen LogP contribution is -2.43. The van der Waals surface area contributed by atoms with Crippen LogP contribution in [0, 0.1) is 0 Å². The minimum Gasteiger partial charge on any atom is -0.336 e. The van der Waals surface area contributed by atoms with Gasteiger partial charge in [-0.3, -0.25) is 0 Å². The van der Waals surface area contributed by atoms with E-state index in [1.54, 1.807) is 0 Å². The minimum absolute atomic E-state index is 0.0198. The van der Waals surface area contributed by atoms with Gasteiger partial charge in [0.1, 0.15) is 6.67 Å². The molecule has 1 atom stereocenters. The van der Waals surface area contributed by atoms with Crippen LogP contribution in [0.3, 0.4) is 0 Å². The number of amides is 2. The zero-order chi connectivity index (χ0) is 14.3. The number of carbonyl (C=O) groups excluding carboxylic acids is 1. The lowest BCUT2D eigenvalue weighted by Gasteiger charge is -2.29. The molecule has 0 bridgehead atoms. The topological polar surface area (TPSA) is 41.1 Å². The highest BCUT2D eigenvalue weighted by Gasteiger charge is 2.23. The van der Waals surface area contributed by atoms with Gasteiger partial charge in [-0.05, 0) is 24.3 Å². The Labute approximate surface area is 114 Å². The molecule has 1 aromatic carbocycles. The van der Waals surface area contributed by atoms with E-state index in [-0.39, 0.29) is 24.0 Å². The van der Waals surface area contributed by atoms with Gasteiger partial charge in [0.2, 0.25) is 0 Å². The van der Waals surface area contributed by atoms with Gasteiger partial charge in [-0.25, -0.2) is 9.18 Å². The van der Waals surface area contributed by atoms with Crippen LogP contribution < -0.4 is 10.6 Å². The average Bonchev–Trinajstić information content (AvgIpc) is 2.36. The van der Waals surface area contributed by atoms with Gasteiger partial charge >= 0.3 is 6.03 Å². The number of nitrogens with one attached hydrogen (secondary N) is 2. The Kier molecular flexibility index (Phi) is 5.80. The van der Waals surface area contributed by atoms with Gasteiger partial charge in [-0.15, -0.1) is 0 Å². The van der Waals surface area contributed by atoms with Crippen molar-refractivity contribution >= 4 is 6.03 Å². The number of halogens is 1. The van der Waals surface area contributed by atoms with E-state index in [0.717, 1.165) is 6.42 Å². The Morgan fingerprint density at radius 3 is 2.53 bits per heavy atom. The number of hydrogen-bond donors (Lipinski definition) is 2. The molecule has 0 aliphatic carbocycles. The summed E-state index contributed by atoms with van der Waals surface area (Å²) in [5.41, 5.74) is 1.22. The lowest BCUT2D eigenvalue weighted by atomic mass is 9.79. The monoisotopic (exact) mass is 266 g/mol. The van der Waals surface area contributed by atoms with Gasteiger partial charge in [0.05, 0.1) is 0 Å². The number of alkyl halides is 1. The molecule has 0 unspecified atom stereocenters. The third-order valence-corrected chi connectivity index (χ3v) is 3.13. The third-order valence-electron chi connectivity index (χ3n) is 3.13. The van der Waals surface area contributed by atoms with E-state index in [0.29, 0.717) is 0 Å². The van der Waals surface area contributed by atoms with Crippen LogP contribution in [0.2, 0.25) is 0 Å². The Morgan fingerprint density at radius 2 is 1.95 bits per heavy atom. The Morgan fingerprint density at radius 1 is 1.32 bits per heavy atom. The standard InChI is InChI=1S/C15H23FN2O/c1-12(18-14(19)17-10-9-16)11-15(2,3)13-7-5-4-6-8-13/h4-8,12H,9-11H2,1-3H3,(H2,17,18,19)/t12-/m1/s1. The summed E-state index contributed by atoms with van der Waals surface area (Å²) >= 11 is 0. The number of hydrogen-bond acceptors (Lipinski definition) is 1. The first kappa shape index (κ1) is 15.5.